The number of nitrogens with zero attached hydrogens (tertiary/aromatic N) is 4. The minimum atomic E-state index is -0.647. The summed E-state index contributed by atoms with van der Waals surface area (Å²) in [6.07, 6.45) is 1.30. The molecule has 4 aromatic carbocycles. The average molecular weight is 629 g/mol. The quantitative estimate of drug-likeness (QED) is 0.0879. The highest BCUT2D eigenvalue weighted by molar-refractivity contribution is 6.32. The highest BCUT2D eigenvalue weighted by Crippen LogP contribution is 2.37. The summed E-state index contributed by atoms with van der Waals surface area (Å²) in [4.78, 5) is 29.9. The molecular formula is C34H30ClFN4O5. The van der Waals surface area contributed by atoms with Crippen molar-refractivity contribution in [3.8, 4) is 22.9 Å². The van der Waals surface area contributed by atoms with Gasteiger partial charge in [-0.3, -0.25) is 14.9 Å². The summed E-state index contributed by atoms with van der Waals surface area (Å²) in [6, 6.07) is 19.4. The number of aryl methyl sites for hydroxylation is 1. The van der Waals surface area contributed by atoms with E-state index in [0.29, 0.717) is 28.9 Å². The smallest absolute Gasteiger partial charge is 0.313 e. The van der Waals surface area contributed by atoms with E-state index in [1.165, 1.54) is 41.2 Å². The number of nitro groups is 1. The molecule has 9 nitrogen and oxygen atoms in total. The first kappa shape index (κ1) is 31.3. The number of hydrogen-bond acceptors (Lipinski definition) is 7. The topological polar surface area (TPSA) is 109 Å². The van der Waals surface area contributed by atoms with Gasteiger partial charge in [-0.15, -0.1) is 0 Å². The van der Waals surface area contributed by atoms with Crippen LogP contribution in [0, 0.1) is 22.9 Å². The molecule has 0 radical (unpaired) electrons. The van der Waals surface area contributed by atoms with E-state index in [1.807, 2.05) is 26.0 Å². The molecule has 0 amide bonds. The zero-order valence-corrected chi connectivity index (χ0v) is 25.8. The number of nitro benzene ring substituents is 1. The van der Waals surface area contributed by atoms with E-state index in [-0.39, 0.29) is 34.4 Å². The van der Waals surface area contributed by atoms with Gasteiger partial charge in [0.2, 0.25) is 5.75 Å². The first-order valence-electron chi connectivity index (χ1n) is 14.3. The first-order chi connectivity index (χ1) is 21.6. The van der Waals surface area contributed by atoms with Crippen LogP contribution in [0.5, 0.6) is 11.5 Å². The maximum Gasteiger partial charge on any atom is 0.313 e. The summed E-state index contributed by atoms with van der Waals surface area (Å²) in [5, 5.41) is 16.7. The van der Waals surface area contributed by atoms with Gasteiger partial charge in [-0.05, 0) is 67.3 Å². The number of ether oxygens (including phenoxy) is 2. The molecule has 0 bridgehead atoms. The van der Waals surface area contributed by atoms with Gasteiger partial charge < -0.3 is 9.47 Å². The van der Waals surface area contributed by atoms with Crippen molar-refractivity contribution in [2.45, 2.75) is 40.2 Å². The van der Waals surface area contributed by atoms with Crippen molar-refractivity contribution in [3.63, 3.8) is 0 Å². The van der Waals surface area contributed by atoms with Crippen molar-refractivity contribution in [1.82, 2.24) is 9.66 Å². The van der Waals surface area contributed by atoms with Gasteiger partial charge in [0.1, 0.15) is 18.2 Å². The van der Waals surface area contributed by atoms with Crippen LogP contribution in [0.1, 0.15) is 48.9 Å². The Morgan fingerprint density at radius 2 is 1.82 bits per heavy atom. The minimum Gasteiger partial charge on any atom is -0.494 e. The summed E-state index contributed by atoms with van der Waals surface area (Å²) >= 11 is 6.43. The van der Waals surface area contributed by atoms with Crippen molar-refractivity contribution >= 4 is 34.4 Å². The third-order valence-electron chi connectivity index (χ3n) is 7.17. The average Bonchev–Trinajstić information content (AvgIpc) is 3.00. The molecule has 0 atom stereocenters. The molecular weight excluding hydrogens is 599 g/mol. The molecule has 5 rings (SSSR count). The van der Waals surface area contributed by atoms with E-state index in [2.05, 4.69) is 18.9 Å². The fourth-order valence-electron chi connectivity index (χ4n) is 4.92. The molecule has 0 aliphatic rings. The van der Waals surface area contributed by atoms with E-state index < -0.39 is 22.0 Å². The molecule has 230 valence electrons. The van der Waals surface area contributed by atoms with Crippen molar-refractivity contribution in [1.29, 1.82) is 0 Å². The standard InChI is InChI=1S/C34H30ClFN4O5/c1-5-44-31-14-21(4)26(17-25(31)20(2)3)33-38-29-13-9-7-11-24(29)34(41)39(33)37-18-22-15-27(35)32(30(16-22)40(42)43)45-19-23-10-6-8-12-28(23)36/h6-18,20H,5,19H2,1-4H3. The predicted molar refractivity (Wildman–Crippen MR) is 173 cm³/mol. The minimum absolute atomic E-state index is 0.0740. The number of para-hydroxylation sites is 1. The lowest BCUT2D eigenvalue weighted by atomic mass is 9.96. The molecule has 0 aliphatic heterocycles. The second kappa shape index (κ2) is 13.3. The number of aromatic nitrogens is 2. The third kappa shape index (κ3) is 6.56. The molecule has 11 heteroatoms. The van der Waals surface area contributed by atoms with Gasteiger partial charge in [-0.1, -0.05) is 55.8 Å². The van der Waals surface area contributed by atoms with Crippen LogP contribution in [0.25, 0.3) is 22.3 Å². The molecule has 45 heavy (non-hydrogen) atoms. The van der Waals surface area contributed by atoms with Crippen molar-refractivity contribution in [3.05, 3.63) is 126 Å². The van der Waals surface area contributed by atoms with Crippen molar-refractivity contribution < 1.29 is 18.8 Å². The number of fused-ring (bicyclic) bond motifs is 1. The molecule has 0 saturated heterocycles. The van der Waals surface area contributed by atoms with E-state index >= 15 is 0 Å². The van der Waals surface area contributed by atoms with Crippen molar-refractivity contribution in [2.75, 3.05) is 6.61 Å². The highest BCUT2D eigenvalue weighted by atomic mass is 35.5. The van der Waals surface area contributed by atoms with Gasteiger partial charge in [0, 0.05) is 22.8 Å². The Morgan fingerprint density at radius 3 is 2.53 bits per heavy atom. The Balaban J connectivity index is 1.62. The zero-order valence-electron chi connectivity index (χ0n) is 25.1. The number of benzene rings is 4. The van der Waals surface area contributed by atoms with Gasteiger partial charge >= 0.3 is 5.69 Å². The van der Waals surface area contributed by atoms with Crippen LogP contribution >= 0.6 is 11.6 Å². The van der Waals surface area contributed by atoms with Gasteiger partial charge in [-0.2, -0.15) is 9.78 Å². The molecule has 0 aliphatic carbocycles. The molecule has 1 heterocycles. The number of halogens is 2. The fraction of sp³-hybridized carbons (Fsp3) is 0.206. The van der Waals surface area contributed by atoms with E-state index in [1.54, 1.807) is 30.3 Å². The Labute approximate surface area is 263 Å². The lowest BCUT2D eigenvalue weighted by molar-refractivity contribution is -0.385. The Morgan fingerprint density at radius 1 is 1.09 bits per heavy atom. The Kier molecular flexibility index (Phi) is 9.24. The molecule has 0 fully saturated rings. The van der Waals surface area contributed by atoms with Crippen LogP contribution in [0.2, 0.25) is 5.02 Å². The van der Waals surface area contributed by atoms with Crippen molar-refractivity contribution in [2.24, 2.45) is 5.10 Å². The second-order valence-corrected chi connectivity index (χ2v) is 11.0. The zero-order chi connectivity index (χ0) is 32.2. The van der Waals surface area contributed by atoms with E-state index in [9.17, 15) is 19.3 Å². The number of hydrogen-bond donors (Lipinski definition) is 0. The van der Waals surface area contributed by atoms with Gasteiger partial charge in [-0.25, -0.2) is 9.37 Å². The van der Waals surface area contributed by atoms with E-state index in [4.69, 9.17) is 26.1 Å². The summed E-state index contributed by atoms with van der Waals surface area (Å²) < 4.78 is 26.8. The van der Waals surface area contributed by atoms with Crippen LogP contribution < -0.4 is 15.0 Å². The Bertz CT molecular complexity index is 2010. The van der Waals surface area contributed by atoms with Crippen LogP contribution in [0.15, 0.2) is 82.7 Å². The normalized spacial score (nSPS) is 11.4. The lowest BCUT2D eigenvalue weighted by Gasteiger charge is -2.18. The largest absolute Gasteiger partial charge is 0.494 e. The SMILES string of the molecule is CCOc1cc(C)c(-c2nc3ccccc3c(=O)n2N=Cc2cc(Cl)c(OCc3ccccc3F)c([N+](=O)[O-])c2)cc1C(C)C. The third-order valence-corrected chi connectivity index (χ3v) is 7.45. The van der Waals surface area contributed by atoms with Gasteiger partial charge in [0.25, 0.3) is 5.56 Å². The van der Waals surface area contributed by atoms with Gasteiger partial charge in [0.05, 0.1) is 33.7 Å². The molecule has 0 spiro atoms. The maximum atomic E-state index is 14.1. The van der Waals surface area contributed by atoms with E-state index in [0.717, 1.165) is 16.9 Å². The second-order valence-electron chi connectivity index (χ2n) is 10.6. The fourth-order valence-corrected chi connectivity index (χ4v) is 5.20. The lowest BCUT2D eigenvalue weighted by Crippen LogP contribution is -2.21. The summed E-state index contributed by atoms with van der Waals surface area (Å²) in [7, 11) is 0. The molecule has 1 aromatic heterocycles. The Hall–Kier alpha value is -5.09. The summed E-state index contributed by atoms with van der Waals surface area (Å²) in [5.41, 5.74) is 2.55. The van der Waals surface area contributed by atoms with Crippen LogP contribution in [-0.2, 0) is 6.61 Å². The first-order valence-corrected chi connectivity index (χ1v) is 14.6. The predicted octanol–water partition coefficient (Wildman–Crippen LogP) is 8.06. The monoisotopic (exact) mass is 628 g/mol. The molecule has 0 saturated carbocycles. The van der Waals surface area contributed by atoms with Crippen LogP contribution in [0.3, 0.4) is 0 Å². The number of rotatable bonds is 10. The summed E-state index contributed by atoms with van der Waals surface area (Å²) in [6.45, 7) is 8.17. The van der Waals surface area contributed by atoms with Crippen LogP contribution in [0.4, 0.5) is 10.1 Å². The maximum absolute atomic E-state index is 14.1. The highest BCUT2D eigenvalue weighted by Gasteiger charge is 2.22. The molecule has 5 aromatic rings. The molecule has 0 N–H and O–H groups in total. The van der Waals surface area contributed by atoms with Gasteiger partial charge in [0.15, 0.2) is 5.82 Å². The van der Waals surface area contributed by atoms with Crippen LogP contribution in [-0.4, -0.2) is 27.4 Å². The molecule has 0 unspecified atom stereocenters. The summed E-state index contributed by atoms with van der Waals surface area (Å²) in [5.74, 6) is 0.456.